The van der Waals surface area contributed by atoms with Crippen molar-refractivity contribution in [3.63, 3.8) is 0 Å². The van der Waals surface area contributed by atoms with Gasteiger partial charge >= 0.3 is 5.97 Å². The number of rotatable bonds is 7. The van der Waals surface area contributed by atoms with Gasteiger partial charge in [0, 0.05) is 46.6 Å². The van der Waals surface area contributed by atoms with Crippen molar-refractivity contribution >= 4 is 26.7 Å². The topological polar surface area (TPSA) is 134 Å². The molecule has 3 heterocycles. The first-order chi connectivity index (χ1) is 22.4. The highest BCUT2D eigenvalue weighted by molar-refractivity contribution is 7.91. The number of benzene rings is 3. The Labute approximate surface area is 267 Å². The molecule has 0 bridgehead atoms. The number of nitrogens with zero attached hydrogens (tertiary/aromatic N) is 1. The van der Waals surface area contributed by atoms with Gasteiger partial charge in [-0.05, 0) is 56.0 Å². The molecule has 47 heavy (non-hydrogen) atoms. The van der Waals surface area contributed by atoms with Crippen LogP contribution in [0.4, 0.5) is 13.2 Å². The van der Waals surface area contributed by atoms with Gasteiger partial charge in [0.25, 0.3) is 0 Å². The molecule has 7 rings (SSSR count). The van der Waals surface area contributed by atoms with Gasteiger partial charge in [-0.25, -0.2) is 22.2 Å². The maximum atomic E-state index is 15.3. The number of carboxylic acid groups (broad SMARTS) is 1. The number of imidazole rings is 1. The van der Waals surface area contributed by atoms with Crippen LogP contribution in [-0.4, -0.2) is 47.3 Å². The number of aliphatic carboxylic acids is 1. The first-order valence-electron chi connectivity index (χ1n) is 15.1. The largest absolute Gasteiger partial charge is 0.493 e. The zero-order chi connectivity index (χ0) is 33.2. The van der Waals surface area contributed by atoms with Gasteiger partial charge in [-0.15, -0.1) is 0 Å². The van der Waals surface area contributed by atoms with E-state index in [0.717, 1.165) is 36.3 Å². The van der Waals surface area contributed by atoms with E-state index in [2.05, 4.69) is 15.0 Å². The van der Waals surface area contributed by atoms with Gasteiger partial charge in [0.15, 0.2) is 21.4 Å². The second-order valence-corrected chi connectivity index (χ2v) is 14.3. The minimum atomic E-state index is -4.10. The maximum absolute atomic E-state index is 15.3. The van der Waals surface area contributed by atoms with Crippen molar-refractivity contribution in [1.29, 1.82) is 0 Å². The van der Waals surface area contributed by atoms with Gasteiger partial charge in [0.2, 0.25) is 5.82 Å². The number of sulfone groups is 1. The molecule has 1 saturated carbocycles. The molecule has 244 valence electrons. The summed E-state index contributed by atoms with van der Waals surface area (Å²) >= 11 is 0. The first kappa shape index (κ1) is 30.9. The lowest BCUT2D eigenvalue weighted by Gasteiger charge is -2.37. The fraction of sp³-hybridized carbons (Fsp3) is 0.294. The molecule has 3 aromatic carbocycles. The first-order valence-corrected chi connectivity index (χ1v) is 17.0. The number of para-hydroxylation sites is 1. The molecule has 0 saturated heterocycles. The molecule has 3 atom stereocenters. The molecule has 1 aliphatic carbocycles. The SMILES string of the molecule is CC1(c2cnc(-c3cc(Oc4c(F)c(F)c5[nH]ccc5c4S(C)(=O)=O)ccc3F)[nH]2)CCOc2c(C3CCCC3C(=O)O)cccc21. The number of nitrogens with one attached hydrogen (secondary N) is 2. The van der Waals surface area contributed by atoms with E-state index in [-0.39, 0.29) is 34.0 Å². The maximum Gasteiger partial charge on any atom is 0.307 e. The predicted molar refractivity (Wildman–Crippen MR) is 166 cm³/mol. The van der Waals surface area contributed by atoms with Crippen LogP contribution in [0.1, 0.15) is 55.3 Å². The molecule has 1 fully saturated rings. The number of fused-ring (bicyclic) bond motifs is 2. The van der Waals surface area contributed by atoms with Crippen LogP contribution in [-0.2, 0) is 20.0 Å². The summed E-state index contributed by atoms with van der Waals surface area (Å²) in [6.07, 6.45) is 6.47. The Bertz CT molecular complexity index is 2180. The number of H-pyrrole nitrogens is 2. The Morgan fingerprint density at radius 2 is 1.94 bits per heavy atom. The monoisotopic (exact) mass is 665 g/mol. The van der Waals surface area contributed by atoms with Gasteiger partial charge in [0.1, 0.15) is 28.0 Å². The third kappa shape index (κ3) is 5.03. The Balaban J connectivity index is 1.26. The van der Waals surface area contributed by atoms with E-state index in [1.165, 1.54) is 24.4 Å². The molecule has 9 nitrogen and oxygen atoms in total. The third-order valence-electron chi connectivity index (χ3n) is 9.48. The number of hydrogen-bond donors (Lipinski definition) is 3. The van der Waals surface area contributed by atoms with Crippen LogP contribution in [0, 0.1) is 23.4 Å². The number of carboxylic acids is 1. The predicted octanol–water partition coefficient (Wildman–Crippen LogP) is 7.23. The zero-order valence-electron chi connectivity index (χ0n) is 25.4. The van der Waals surface area contributed by atoms with Gasteiger partial charge in [0.05, 0.1) is 23.6 Å². The van der Waals surface area contributed by atoms with E-state index in [4.69, 9.17) is 9.47 Å². The molecule has 3 N–H and O–H groups in total. The summed E-state index contributed by atoms with van der Waals surface area (Å²) in [5.74, 6) is -5.18. The van der Waals surface area contributed by atoms with Gasteiger partial charge in [-0.3, -0.25) is 4.79 Å². The van der Waals surface area contributed by atoms with E-state index < -0.39 is 55.2 Å². The van der Waals surface area contributed by atoms with Gasteiger partial charge < -0.3 is 24.5 Å². The summed E-state index contributed by atoms with van der Waals surface area (Å²) in [6.45, 7) is 2.38. The molecule has 13 heteroatoms. The van der Waals surface area contributed by atoms with E-state index in [0.29, 0.717) is 30.9 Å². The summed E-state index contributed by atoms with van der Waals surface area (Å²) in [4.78, 5) is 21.6. The van der Waals surface area contributed by atoms with Crippen LogP contribution in [0.3, 0.4) is 0 Å². The van der Waals surface area contributed by atoms with E-state index in [1.807, 2.05) is 25.1 Å². The Morgan fingerprint density at radius 1 is 1.13 bits per heavy atom. The highest BCUT2D eigenvalue weighted by atomic mass is 32.2. The molecule has 5 aromatic rings. The quantitative estimate of drug-likeness (QED) is 0.156. The number of aromatic nitrogens is 3. The lowest BCUT2D eigenvalue weighted by Crippen LogP contribution is -2.32. The van der Waals surface area contributed by atoms with Crippen molar-refractivity contribution in [3.8, 4) is 28.6 Å². The van der Waals surface area contributed by atoms with E-state index in [9.17, 15) is 22.7 Å². The van der Waals surface area contributed by atoms with Crippen molar-refractivity contribution in [1.82, 2.24) is 15.0 Å². The smallest absolute Gasteiger partial charge is 0.307 e. The van der Waals surface area contributed by atoms with Crippen molar-refractivity contribution in [2.45, 2.75) is 48.8 Å². The van der Waals surface area contributed by atoms with Crippen molar-refractivity contribution in [2.24, 2.45) is 5.92 Å². The van der Waals surface area contributed by atoms with E-state index >= 15 is 8.78 Å². The summed E-state index contributed by atoms with van der Waals surface area (Å²) in [6, 6.07) is 10.5. The van der Waals surface area contributed by atoms with Crippen LogP contribution in [0.2, 0.25) is 0 Å². The zero-order valence-corrected chi connectivity index (χ0v) is 26.2. The molecule has 0 spiro atoms. The molecule has 2 aromatic heterocycles. The molecule has 3 unspecified atom stereocenters. The number of carbonyl (C=O) groups is 1. The third-order valence-corrected chi connectivity index (χ3v) is 10.6. The molecule has 0 radical (unpaired) electrons. The second kappa shape index (κ2) is 11.2. The molecule has 1 aliphatic heterocycles. The van der Waals surface area contributed by atoms with Crippen molar-refractivity contribution < 1.29 is 41.0 Å². The van der Waals surface area contributed by atoms with Crippen molar-refractivity contribution in [3.05, 3.63) is 89.1 Å². The van der Waals surface area contributed by atoms with Crippen molar-refractivity contribution in [2.75, 3.05) is 12.9 Å². The fourth-order valence-corrected chi connectivity index (χ4v) is 8.12. The van der Waals surface area contributed by atoms with Crippen LogP contribution in [0.25, 0.3) is 22.3 Å². The lowest BCUT2D eigenvalue weighted by atomic mass is 9.73. The number of aromatic amines is 2. The fourth-order valence-electron chi connectivity index (χ4n) is 7.08. The number of halogens is 3. The van der Waals surface area contributed by atoms with Crippen LogP contribution < -0.4 is 9.47 Å². The summed E-state index contributed by atoms with van der Waals surface area (Å²) in [5.41, 5.74) is 1.37. The van der Waals surface area contributed by atoms with Crippen LogP contribution in [0.5, 0.6) is 17.2 Å². The van der Waals surface area contributed by atoms with E-state index in [1.54, 1.807) is 6.20 Å². The lowest BCUT2D eigenvalue weighted by molar-refractivity contribution is -0.142. The number of ether oxygens (including phenoxy) is 2. The van der Waals surface area contributed by atoms with Crippen LogP contribution >= 0.6 is 0 Å². The average Bonchev–Trinajstić information content (AvgIpc) is 3.81. The minimum Gasteiger partial charge on any atom is -0.493 e. The Kier molecular flexibility index (Phi) is 7.34. The summed E-state index contributed by atoms with van der Waals surface area (Å²) < 4.78 is 82.5. The normalized spacial score (nSPS) is 21.0. The molecular formula is C34H30F3N3O6S. The molecular weight excluding hydrogens is 635 g/mol. The highest BCUT2D eigenvalue weighted by Gasteiger charge is 2.41. The number of hydrogen-bond acceptors (Lipinski definition) is 6. The minimum absolute atomic E-state index is 0.0434. The second-order valence-electron chi connectivity index (χ2n) is 12.4. The Hall–Kier alpha value is -4.78. The average molecular weight is 666 g/mol. The summed E-state index contributed by atoms with van der Waals surface area (Å²) in [7, 11) is -4.10. The Morgan fingerprint density at radius 3 is 2.70 bits per heavy atom. The van der Waals surface area contributed by atoms with Gasteiger partial charge in [-0.2, -0.15) is 4.39 Å². The molecule has 0 amide bonds. The van der Waals surface area contributed by atoms with Gasteiger partial charge in [-0.1, -0.05) is 24.6 Å². The summed E-state index contributed by atoms with van der Waals surface area (Å²) in [5, 5.41) is 9.73. The highest BCUT2D eigenvalue weighted by Crippen LogP contribution is 2.50. The van der Waals surface area contributed by atoms with Crippen LogP contribution in [0.15, 0.2) is 59.8 Å². The molecule has 2 aliphatic rings. The standard InChI is InChI=1S/C34H30F3N3O6S/c1-34(12-14-45-29-19(6-4-8-23(29)34)18-5-3-7-20(18)33(41)42)25-16-39-32(40-25)22-15-17(9-10-24(22)35)46-30-27(37)26(36)28-21(11-13-38-28)31(30)47(2,43)44/h4,6,8-11,13,15-16,18,20,38H,3,5,7,12,14H2,1-2H3,(H,39,40)(H,41,42).